The molecule has 2 aliphatic heterocycles. The minimum absolute atomic E-state index is 0. The zero-order valence-corrected chi connectivity index (χ0v) is 12.2. The van der Waals surface area contributed by atoms with Crippen LogP contribution < -0.4 is 0 Å². The summed E-state index contributed by atoms with van der Waals surface area (Å²) < 4.78 is 0. The maximum Gasteiger partial charge on any atom is 0.320 e. The molecule has 0 spiro atoms. The molecule has 0 bridgehead atoms. The number of rotatable bonds is 3. The highest BCUT2D eigenvalue weighted by Gasteiger charge is 2.33. The molecule has 19 heavy (non-hydrogen) atoms. The summed E-state index contributed by atoms with van der Waals surface area (Å²) in [5.41, 5.74) is 0. The highest BCUT2D eigenvalue weighted by Crippen LogP contribution is 2.20. The number of likely N-dealkylation sites (tertiary alicyclic amines) is 2. The molecule has 0 aromatic heterocycles. The molecule has 1 N–H and O–H groups in total. The smallest absolute Gasteiger partial charge is 0.320 e. The van der Waals surface area contributed by atoms with Crippen molar-refractivity contribution < 1.29 is 14.7 Å². The Hall–Kier alpha value is -0.810. The second kappa shape index (κ2) is 7.10. The predicted octanol–water partition coefficient (Wildman–Crippen LogP) is 1.36. The van der Waals surface area contributed by atoms with E-state index in [0.29, 0.717) is 12.5 Å². The number of carboxylic acids is 1. The number of carbonyl (C=O) groups excluding carboxylic acids is 1. The van der Waals surface area contributed by atoms with Crippen molar-refractivity contribution in [2.75, 3.05) is 19.6 Å². The second-order valence-electron chi connectivity index (χ2n) is 5.40. The van der Waals surface area contributed by atoms with Crippen LogP contribution in [-0.4, -0.2) is 58.5 Å². The van der Waals surface area contributed by atoms with E-state index in [4.69, 9.17) is 5.11 Å². The van der Waals surface area contributed by atoms with Crippen molar-refractivity contribution in [3.05, 3.63) is 0 Å². The average Bonchev–Trinajstić information content (AvgIpc) is 2.77. The highest BCUT2D eigenvalue weighted by atomic mass is 35.5. The standard InChI is InChI=1S/C13H22N2O3.ClH/c1-10-5-2-3-8-15(10)12(16)9-14-7-4-6-11(14)13(17)18;/h10-11H,2-9H2,1H3,(H,17,18);1H/t10?,11-;/m0./s1. The number of hydrogen-bond donors (Lipinski definition) is 1. The van der Waals surface area contributed by atoms with E-state index in [-0.39, 0.29) is 24.9 Å². The number of halogens is 1. The van der Waals surface area contributed by atoms with Crippen molar-refractivity contribution in [2.24, 2.45) is 0 Å². The van der Waals surface area contributed by atoms with Crippen LogP contribution in [0.15, 0.2) is 0 Å². The number of aliphatic carboxylic acids is 1. The summed E-state index contributed by atoms with van der Waals surface area (Å²) >= 11 is 0. The molecule has 2 atom stereocenters. The molecular weight excluding hydrogens is 268 g/mol. The van der Waals surface area contributed by atoms with Gasteiger partial charge < -0.3 is 10.0 Å². The summed E-state index contributed by atoms with van der Waals surface area (Å²) in [5, 5.41) is 9.09. The SMILES string of the molecule is CC1CCCCN1C(=O)CN1CCC[C@H]1C(=O)O.Cl. The van der Waals surface area contributed by atoms with Crippen LogP contribution in [0.25, 0.3) is 0 Å². The zero-order valence-electron chi connectivity index (χ0n) is 11.4. The van der Waals surface area contributed by atoms with Crippen LogP contribution in [0.4, 0.5) is 0 Å². The predicted molar refractivity (Wildman–Crippen MR) is 74.5 cm³/mol. The van der Waals surface area contributed by atoms with Gasteiger partial charge in [-0.15, -0.1) is 12.4 Å². The van der Waals surface area contributed by atoms with Gasteiger partial charge in [-0.3, -0.25) is 14.5 Å². The fourth-order valence-electron chi connectivity index (χ4n) is 3.03. The zero-order chi connectivity index (χ0) is 13.1. The molecule has 5 nitrogen and oxygen atoms in total. The Balaban J connectivity index is 0.00000180. The maximum atomic E-state index is 12.2. The lowest BCUT2D eigenvalue weighted by Crippen LogP contribution is -2.48. The van der Waals surface area contributed by atoms with Crippen LogP contribution in [0.1, 0.15) is 39.0 Å². The summed E-state index contributed by atoms with van der Waals surface area (Å²) in [4.78, 5) is 27.0. The molecule has 6 heteroatoms. The molecule has 2 heterocycles. The molecule has 1 amide bonds. The summed E-state index contributed by atoms with van der Waals surface area (Å²) in [7, 11) is 0. The first-order valence-electron chi connectivity index (χ1n) is 6.86. The van der Waals surface area contributed by atoms with Gasteiger partial charge in [-0.05, 0) is 45.6 Å². The molecule has 110 valence electrons. The van der Waals surface area contributed by atoms with E-state index in [1.807, 2.05) is 9.80 Å². The van der Waals surface area contributed by atoms with Crippen molar-refractivity contribution in [3.63, 3.8) is 0 Å². The lowest BCUT2D eigenvalue weighted by atomic mass is 10.0. The Kier molecular flexibility index (Phi) is 6.07. The summed E-state index contributed by atoms with van der Waals surface area (Å²) in [5.74, 6) is -0.706. The molecule has 2 fully saturated rings. The van der Waals surface area contributed by atoms with Crippen LogP contribution in [0.2, 0.25) is 0 Å². The van der Waals surface area contributed by atoms with E-state index in [9.17, 15) is 9.59 Å². The number of hydrogen-bond acceptors (Lipinski definition) is 3. The minimum atomic E-state index is -0.799. The molecule has 2 saturated heterocycles. The highest BCUT2D eigenvalue weighted by molar-refractivity contribution is 5.85. The minimum Gasteiger partial charge on any atom is -0.480 e. The van der Waals surface area contributed by atoms with Gasteiger partial charge in [0.05, 0.1) is 6.54 Å². The quantitative estimate of drug-likeness (QED) is 0.852. The van der Waals surface area contributed by atoms with Crippen molar-refractivity contribution >= 4 is 24.3 Å². The normalized spacial score (nSPS) is 27.9. The van der Waals surface area contributed by atoms with Crippen LogP contribution >= 0.6 is 12.4 Å². The van der Waals surface area contributed by atoms with E-state index in [0.717, 1.165) is 32.4 Å². The van der Waals surface area contributed by atoms with Gasteiger partial charge in [-0.25, -0.2) is 0 Å². The lowest BCUT2D eigenvalue weighted by Gasteiger charge is -2.35. The number of carboxylic acid groups (broad SMARTS) is 1. The molecule has 1 unspecified atom stereocenters. The maximum absolute atomic E-state index is 12.2. The number of nitrogens with zero attached hydrogens (tertiary/aromatic N) is 2. The average molecular weight is 291 g/mol. The topological polar surface area (TPSA) is 60.9 Å². The van der Waals surface area contributed by atoms with Crippen molar-refractivity contribution in [1.82, 2.24) is 9.80 Å². The first-order chi connectivity index (χ1) is 8.59. The molecule has 0 aromatic rings. The Bertz CT molecular complexity index is 338. The third-order valence-electron chi connectivity index (χ3n) is 4.11. The van der Waals surface area contributed by atoms with Crippen molar-refractivity contribution in [3.8, 4) is 0 Å². The van der Waals surface area contributed by atoms with Gasteiger partial charge in [0.1, 0.15) is 6.04 Å². The van der Waals surface area contributed by atoms with Gasteiger partial charge in [-0.1, -0.05) is 0 Å². The largest absolute Gasteiger partial charge is 0.480 e. The van der Waals surface area contributed by atoms with Crippen LogP contribution in [-0.2, 0) is 9.59 Å². The van der Waals surface area contributed by atoms with Gasteiger partial charge in [-0.2, -0.15) is 0 Å². The van der Waals surface area contributed by atoms with Crippen LogP contribution in [0, 0.1) is 0 Å². The van der Waals surface area contributed by atoms with E-state index in [2.05, 4.69) is 6.92 Å². The fraction of sp³-hybridized carbons (Fsp3) is 0.846. The summed E-state index contributed by atoms with van der Waals surface area (Å²) in [6.07, 6.45) is 4.86. The second-order valence-corrected chi connectivity index (χ2v) is 5.40. The van der Waals surface area contributed by atoms with Crippen molar-refractivity contribution in [2.45, 2.75) is 51.1 Å². The van der Waals surface area contributed by atoms with Crippen molar-refractivity contribution in [1.29, 1.82) is 0 Å². The van der Waals surface area contributed by atoms with E-state index in [1.165, 1.54) is 6.42 Å². The van der Waals surface area contributed by atoms with Gasteiger partial charge in [0, 0.05) is 12.6 Å². The molecule has 0 aromatic carbocycles. The summed E-state index contributed by atoms with van der Waals surface area (Å²) in [6.45, 7) is 3.90. The summed E-state index contributed by atoms with van der Waals surface area (Å²) in [6, 6.07) is -0.161. The molecular formula is C13H23ClN2O3. The Morgan fingerprint density at radius 1 is 1.16 bits per heavy atom. The number of carbonyl (C=O) groups is 2. The molecule has 0 aliphatic carbocycles. The van der Waals surface area contributed by atoms with Gasteiger partial charge in [0.25, 0.3) is 0 Å². The van der Waals surface area contributed by atoms with Crippen LogP contribution in [0.5, 0.6) is 0 Å². The lowest BCUT2D eigenvalue weighted by molar-refractivity contribution is -0.144. The Morgan fingerprint density at radius 3 is 2.53 bits per heavy atom. The molecule has 0 saturated carbocycles. The Labute approximate surface area is 120 Å². The van der Waals surface area contributed by atoms with E-state index >= 15 is 0 Å². The molecule has 2 rings (SSSR count). The number of piperidine rings is 1. The third-order valence-corrected chi connectivity index (χ3v) is 4.11. The first kappa shape index (κ1) is 16.2. The van der Waals surface area contributed by atoms with Gasteiger partial charge in [0.15, 0.2) is 0 Å². The molecule has 2 aliphatic rings. The molecule has 0 radical (unpaired) electrons. The Morgan fingerprint density at radius 2 is 1.89 bits per heavy atom. The van der Waals surface area contributed by atoms with E-state index in [1.54, 1.807) is 0 Å². The third kappa shape index (κ3) is 3.83. The monoisotopic (exact) mass is 290 g/mol. The van der Waals surface area contributed by atoms with Gasteiger partial charge in [0.2, 0.25) is 5.91 Å². The van der Waals surface area contributed by atoms with Gasteiger partial charge >= 0.3 is 5.97 Å². The number of amides is 1. The first-order valence-corrected chi connectivity index (χ1v) is 6.86. The van der Waals surface area contributed by atoms with E-state index < -0.39 is 12.0 Å². The fourth-order valence-corrected chi connectivity index (χ4v) is 3.03. The van der Waals surface area contributed by atoms with Crippen LogP contribution in [0.3, 0.4) is 0 Å².